The van der Waals surface area contributed by atoms with Crippen LogP contribution in [0, 0.1) is 23.0 Å². The molecule has 0 spiro atoms. The number of carbonyl (C=O) groups is 1. The van der Waals surface area contributed by atoms with Crippen molar-refractivity contribution in [1.29, 1.82) is 0 Å². The van der Waals surface area contributed by atoms with Crippen LogP contribution in [-0.2, 0) is 0 Å². The molecule has 0 saturated heterocycles. The minimum absolute atomic E-state index is 0.0124. The fourth-order valence-corrected chi connectivity index (χ4v) is 4.97. The number of nitrogens with one attached hydrogen (secondary N) is 1. The first-order valence-corrected chi connectivity index (χ1v) is 11.9. The first kappa shape index (κ1) is 24.3. The van der Waals surface area contributed by atoms with E-state index in [9.17, 15) is 14.9 Å². The van der Waals surface area contributed by atoms with Gasteiger partial charge in [-0.1, -0.05) is 24.3 Å². The zero-order chi connectivity index (χ0) is 25.1. The number of pyridine rings is 1. The van der Waals surface area contributed by atoms with Gasteiger partial charge in [-0.25, -0.2) is 9.78 Å². The van der Waals surface area contributed by atoms with E-state index in [2.05, 4.69) is 22.3 Å². The zero-order valence-corrected chi connectivity index (χ0v) is 20.4. The number of urea groups is 1. The van der Waals surface area contributed by atoms with Crippen molar-refractivity contribution in [3.8, 4) is 0 Å². The summed E-state index contributed by atoms with van der Waals surface area (Å²) in [4.78, 5) is 31.5. The van der Waals surface area contributed by atoms with Crippen LogP contribution < -0.4 is 20.9 Å². The highest BCUT2D eigenvalue weighted by Gasteiger charge is 2.27. The predicted octanol–water partition coefficient (Wildman–Crippen LogP) is 5.07. The molecule has 2 amide bonds. The summed E-state index contributed by atoms with van der Waals surface area (Å²) in [7, 11) is 4.06. The Bertz CT molecular complexity index is 1240. The van der Waals surface area contributed by atoms with E-state index in [0.717, 1.165) is 48.1 Å². The molecule has 0 aliphatic heterocycles. The molecule has 2 aromatic carbocycles. The average molecular weight is 477 g/mol. The first-order chi connectivity index (χ1) is 16.7. The summed E-state index contributed by atoms with van der Waals surface area (Å²) < 4.78 is 0. The van der Waals surface area contributed by atoms with E-state index in [4.69, 9.17) is 10.7 Å². The lowest BCUT2D eigenvalue weighted by molar-refractivity contribution is -0.385. The number of fused-ring (bicyclic) bond motifs is 1. The summed E-state index contributed by atoms with van der Waals surface area (Å²) in [5.74, 6) is 1.13. The number of para-hydroxylation sites is 1. The lowest BCUT2D eigenvalue weighted by Crippen LogP contribution is -2.41. The van der Waals surface area contributed by atoms with E-state index in [1.165, 1.54) is 11.0 Å². The number of benzene rings is 2. The van der Waals surface area contributed by atoms with Crippen LogP contribution in [0.2, 0.25) is 0 Å². The van der Waals surface area contributed by atoms with Crippen LogP contribution in [0.15, 0.2) is 48.5 Å². The molecule has 4 rings (SSSR count). The van der Waals surface area contributed by atoms with Crippen molar-refractivity contribution in [3.63, 3.8) is 0 Å². The minimum Gasteiger partial charge on any atom is -0.377 e. The molecule has 0 unspecified atom stereocenters. The summed E-state index contributed by atoms with van der Waals surface area (Å²) in [6.45, 7) is 2.10. The molecule has 1 aliphatic carbocycles. The number of nitro benzene ring substituents is 1. The SMILES string of the molecule is Cc1c(N(C[C@H]2CC[C@@H](Nc3cc(N(C)C)c4ccccc4n3)CC2)C(N)=O)cccc1[N+](=O)[O-]. The molecule has 1 aromatic heterocycles. The van der Waals surface area contributed by atoms with Gasteiger partial charge in [-0.2, -0.15) is 0 Å². The average Bonchev–Trinajstić information content (AvgIpc) is 2.83. The molecule has 35 heavy (non-hydrogen) atoms. The molecule has 9 heteroatoms. The van der Waals surface area contributed by atoms with Gasteiger partial charge >= 0.3 is 6.03 Å². The van der Waals surface area contributed by atoms with Gasteiger partial charge in [0.2, 0.25) is 0 Å². The summed E-state index contributed by atoms with van der Waals surface area (Å²) in [6, 6.07) is 14.7. The number of carbonyl (C=O) groups excluding carboxylic acids is 1. The fraction of sp³-hybridized carbons (Fsp3) is 0.385. The highest BCUT2D eigenvalue weighted by molar-refractivity contribution is 5.93. The third-order valence-electron chi connectivity index (χ3n) is 6.85. The molecule has 3 N–H and O–H groups in total. The van der Waals surface area contributed by atoms with E-state index >= 15 is 0 Å². The molecular formula is C26H32N6O3. The molecule has 9 nitrogen and oxygen atoms in total. The van der Waals surface area contributed by atoms with Crippen LogP contribution in [0.1, 0.15) is 31.2 Å². The lowest BCUT2D eigenvalue weighted by Gasteiger charge is -2.33. The van der Waals surface area contributed by atoms with E-state index in [-0.39, 0.29) is 17.6 Å². The van der Waals surface area contributed by atoms with Gasteiger partial charge in [0, 0.05) is 49.9 Å². The number of nitrogens with two attached hydrogens (primary N) is 1. The molecule has 0 bridgehead atoms. The van der Waals surface area contributed by atoms with Crippen LogP contribution in [-0.4, -0.2) is 42.6 Å². The second-order valence-corrected chi connectivity index (χ2v) is 9.43. The van der Waals surface area contributed by atoms with Crippen molar-refractivity contribution in [3.05, 3.63) is 64.2 Å². The largest absolute Gasteiger partial charge is 0.377 e. The Balaban J connectivity index is 1.43. The van der Waals surface area contributed by atoms with E-state index in [1.54, 1.807) is 19.1 Å². The number of anilines is 3. The maximum absolute atomic E-state index is 12.3. The quantitative estimate of drug-likeness (QED) is 0.363. The summed E-state index contributed by atoms with van der Waals surface area (Å²) in [5.41, 5.74) is 8.71. The highest BCUT2D eigenvalue weighted by atomic mass is 16.6. The standard InChI is InChI=1S/C26H32N6O3/c1-17-22(9-6-10-23(17)32(34)35)31(26(27)33)16-18-11-13-19(14-12-18)28-25-15-24(30(2)3)20-7-4-5-8-21(20)29-25/h4-10,15,18-19H,11-14,16H2,1-3H3,(H2,27,33)(H,28,29)/t18-,19+. The van der Waals surface area contributed by atoms with Gasteiger partial charge in [-0.3, -0.25) is 15.0 Å². The Hall–Kier alpha value is -3.88. The Kier molecular flexibility index (Phi) is 7.04. The number of amides is 2. The van der Waals surface area contributed by atoms with Crippen molar-refractivity contribution in [2.75, 3.05) is 35.8 Å². The van der Waals surface area contributed by atoms with Gasteiger partial charge < -0.3 is 16.0 Å². The topological polar surface area (TPSA) is 118 Å². The van der Waals surface area contributed by atoms with E-state index in [0.29, 0.717) is 17.8 Å². The van der Waals surface area contributed by atoms with Gasteiger partial charge in [0.25, 0.3) is 5.69 Å². The summed E-state index contributed by atoms with van der Waals surface area (Å²) >= 11 is 0. The van der Waals surface area contributed by atoms with Gasteiger partial charge in [0.05, 0.1) is 21.7 Å². The van der Waals surface area contributed by atoms with Gasteiger partial charge in [0.1, 0.15) is 5.82 Å². The molecule has 0 atom stereocenters. The van der Waals surface area contributed by atoms with Crippen LogP contribution in [0.5, 0.6) is 0 Å². The molecular weight excluding hydrogens is 444 g/mol. The lowest BCUT2D eigenvalue weighted by atomic mass is 9.85. The van der Waals surface area contributed by atoms with Crippen LogP contribution in [0.3, 0.4) is 0 Å². The van der Waals surface area contributed by atoms with E-state index in [1.807, 2.05) is 32.3 Å². The predicted molar refractivity (Wildman–Crippen MR) is 140 cm³/mol. The number of primary amides is 1. The molecule has 0 radical (unpaired) electrons. The van der Waals surface area contributed by atoms with Crippen molar-refractivity contribution in [2.45, 2.75) is 38.6 Å². The monoisotopic (exact) mass is 476 g/mol. The second kappa shape index (κ2) is 10.2. The molecule has 1 fully saturated rings. The smallest absolute Gasteiger partial charge is 0.319 e. The first-order valence-electron chi connectivity index (χ1n) is 11.9. The van der Waals surface area contributed by atoms with Crippen molar-refractivity contribution >= 4 is 39.8 Å². The zero-order valence-electron chi connectivity index (χ0n) is 20.4. The third kappa shape index (κ3) is 5.29. The Morgan fingerprint density at radius 3 is 2.49 bits per heavy atom. The molecule has 1 saturated carbocycles. The second-order valence-electron chi connectivity index (χ2n) is 9.43. The maximum Gasteiger partial charge on any atom is 0.319 e. The van der Waals surface area contributed by atoms with Crippen LogP contribution in [0.4, 0.5) is 27.7 Å². The van der Waals surface area contributed by atoms with Gasteiger partial charge in [0.15, 0.2) is 0 Å². The Labute approximate surface area is 205 Å². The highest BCUT2D eigenvalue weighted by Crippen LogP contribution is 2.33. The van der Waals surface area contributed by atoms with Crippen molar-refractivity contribution in [2.24, 2.45) is 11.7 Å². The third-order valence-corrected chi connectivity index (χ3v) is 6.85. The molecule has 1 heterocycles. The number of rotatable bonds is 7. The van der Waals surface area contributed by atoms with Gasteiger partial charge in [-0.15, -0.1) is 0 Å². The van der Waals surface area contributed by atoms with Crippen LogP contribution >= 0.6 is 0 Å². The van der Waals surface area contributed by atoms with Crippen LogP contribution in [0.25, 0.3) is 10.9 Å². The maximum atomic E-state index is 12.3. The summed E-state index contributed by atoms with van der Waals surface area (Å²) in [6.07, 6.45) is 3.72. The number of hydrogen-bond acceptors (Lipinski definition) is 6. The number of nitro groups is 1. The van der Waals surface area contributed by atoms with E-state index < -0.39 is 11.0 Å². The Morgan fingerprint density at radius 2 is 1.83 bits per heavy atom. The van der Waals surface area contributed by atoms with Crippen molar-refractivity contribution < 1.29 is 9.72 Å². The summed E-state index contributed by atoms with van der Waals surface area (Å²) in [5, 5.41) is 16.1. The Morgan fingerprint density at radius 1 is 1.11 bits per heavy atom. The number of hydrogen-bond donors (Lipinski definition) is 2. The normalized spacial score (nSPS) is 17.7. The number of nitrogens with zero attached hydrogens (tertiary/aromatic N) is 4. The minimum atomic E-state index is -0.592. The molecule has 1 aliphatic rings. The molecule has 184 valence electrons. The molecule has 3 aromatic rings. The number of aromatic nitrogens is 1. The van der Waals surface area contributed by atoms with Gasteiger partial charge in [-0.05, 0) is 50.7 Å². The fourth-order valence-electron chi connectivity index (χ4n) is 4.97. The van der Waals surface area contributed by atoms with Crippen molar-refractivity contribution in [1.82, 2.24) is 4.98 Å².